The van der Waals surface area contributed by atoms with Gasteiger partial charge in [-0.15, -0.1) is 0 Å². The molecule has 0 spiro atoms. The van der Waals surface area contributed by atoms with E-state index in [2.05, 4.69) is 20.8 Å². The summed E-state index contributed by atoms with van der Waals surface area (Å²) in [7, 11) is 0. The van der Waals surface area contributed by atoms with Crippen molar-refractivity contribution in [3.8, 4) is 0 Å². The number of esters is 2. The highest BCUT2D eigenvalue weighted by Crippen LogP contribution is 2.38. The van der Waals surface area contributed by atoms with Gasteiger partial charge in [0.1, 0.15) is 12.7 Å². The second-order valence-corrected chi connectivity index (χ2v) is 10.5. The first-order valence-electron chi connectivity index (χ1n) is 13.2. The molecule has 9 atom stereocenters. The Bertz CT molecular complexity index is 1030. The molecule has 2 aliphatic rings. The second kappa shape index (κ2) is 12.2. The van der Waals surface area contributed by atoms with E-state index in [1.54, 1.807) is 48.5 Å². The number of hydrogen-bond acceptors (Lipinski definition) is 7. The molecule has 0 N–H and O–H groups in total. The molecule has 2 aliphatic heterocycles. The number of carbonyl (C=O) groups is 2. The van der Waals surface area contributed by atoms with Crippen molar-refractivity contribution in [2.24, 2.45) is 29.6 Å². The molecule has 7 nitrogen and oxygen atoms in total. The van der Waals surface area contributed by atoms with Crippen LogP contribution in [0, 0.1) is 29.6 Å². The van der Waals surface area contributed by atoms with Crippen LogP contribution in [0.1, 0.15) is 55.3 Å². The van der Waals surface area contributed by atoms with Gasteiger partial charge in [0.15, 0.2) is 6.29 Å². The van der Waals surface area contributed by atoms with E-state index in [4.69, 9.17) is 23.7 Å². The van der Waals surface area contributed by atoms with Crippen molar-refractivity contribution in [3.63, 3.8) is 0 Å². The minimum absolute atomic E-state index is 0.00930. The minimum Gasteiger partial charge on any atom is -0.459 e. The Balaban J connectivity index is 1.50. The molecule has 0 aliphatic carbocycles. The van der Waals surface area contributed by atoms with Crippen LogP contribution in [0.25, 0.3) is 0 Å². The lowest BCUT2D eigenvalue weighted by Gasteiger charge is -2.47. The fraction of sp³-hybridized carbons (Fsp3) is 0.533. The number of rotatable bonds is 7. The van der Waals surface area contributed by atoms with Crippen molar-refractivity contribution in [1.29, 1.82) is 0 Å². The van der Waals surface area contributed by atoms with Crippen molar-refractivity contribution in [2.75, 3.05) is 13.2 Å². The van der Waals surface area contributed by atoms with Crippen molar-refractivity contribution in [3.05, 3.63) is 71.8 Å². The van der Waals surface area contributed by atoms with Crippen molar-refractivity contribution >= 4 is 11.9 Å². The van der Waals surface area contributed by atoms with E-state index in [9.17, 15) is 9.59 Å². The zero-order valence-electron chi connectivity index (χ0n) is 22.2. The third-order valence-electron chi connectivity index (χ3n) is 7.95. The zero-order chi connectivity index (χ0) is 26.5. The molecule has 2 aromatic carbocycles. The molecule has 2 heterocycles. The molecule has 0 amide bonds. The van der Waals surface area contributed by atoms with Crippen molar-refractivity contribution in [1.82, 2.24) is 0 Å². The first-order valence-corrected chi connectivity index (χ1v) is 13.2. The highest BCUT2D eigenvalue weighted by Gasteiger charge is 2.47. The monoisotopic (exact) mass is 510 g/mol. The zero-order valence-corrected chi connectivity index (χ0v) is 22.2. The topological polar surface area (TPSA) is 80.3 Å². The van der Waals surface area contributed by atoms with Gasteiger partial charge in [-0.25, -0.2) is 9.59 Å². The van der Waals surface area contributed by atoms with Crippen LogP contribution in [-0.4, -0.2) is 49.9 Å². The maximum absolute atomic E-state index is 12.9. The summed E-state index contributed by atoms with van der Waals surface area (Å²) in [6.45, 7) is 11.2. The van der Waals surface area contributed by atoms with Crippen LogP contribution in [0.2, 0.25) is 0 Å². The molecule has 37 heavy (non-hydrogen) atoms. The summed E-state index contributed by atoms with van der Waals surface area (Å²) in [5.74, 6) is -0.230. The highest BCUT2D eigenvalue weighted by molar-refractivity contribution is 5.89. The predicted octanol–water partition coefficient (Wildman–Crippen LogP) is 5.35. The molecule has 2 fully saturated rings. The van der Waals surface area contributed by atoms with Crippen LogP contribution in [0.3, 0.4) is 0 Å². The fourth-order valence-corrected chi connectivity index (χ4v) is 5.04. The first-order chi connectivity index (χ1) is 17.8. The summed E-state index contributed by atoms with van der Waals surface area (Å²) in [6.07, 6.45) is -2.12. The summed E-state index contributed by atoms with van der Waals surface area (Å²) in [5, 5.41) is 0. The Labute approximate surface area is 219 Å². The second-order valence-electron chi connectivity index (χ2n) is 10.5. The molecule has 3 unspecified atom stereocenters. The molecule has 2 aromatic rings. The average molecular weight is 511 g/mol. The largest absolute Gasteiger partial charge is 0.459 e. The van der Waals surface area contributed by atoms with Gasteiger partial charge in [0, 0.05) is 17.8 Å². The molecular formula is C30H38O7. The van der Waals surface area contributed by atoms with Gasteiger partial charge in [0.25, 0.3) is 0 Å². The van der Waals surface area contributed by atoms with Crippen LogP contribution in [0.4, 0.5) is 0 Å². The standard InChI is InChI=1S/C30H38O7/c1-18-16-34-29(20(3)19(18)2)36-26-21(4)25(17-33-27(31)23-12-8-6-9-13-23)35-30(22(26)5)37-28(32)24-14-10-7-11-15-24/h6-15,18-22,25-26,29-30H,16-17H2,1-5H3/t18-,19+,20?,21-,22?,25?,26+,29-,30+/m1/s1. The van der Waals surface area contributed by atoms with E-state index < -0.39 is 24.3 Å². The maximum atomic E-state index is 12.9. The van der Waals surface area contributed by atoms with Gasteiger partial charge in [-0.2, -0.15) is 0 Å². The van der Waals surface area contributed by atoms with Gasteiger partial charge < -0.3 is 23.7 Å². The lowest BCUT2D eigenvalue weighted by Crippen LogP contribution is -2.55. The van der Waals surface area contributed by atoms with Gasteiger partial charge in [0.05, 0.1) is 23.8 Å². The Morgan fingerprint density at radius 2 is 1.35 bits per heavy atom. The number of ether oxygens (including phenoxy) is 5. The predicted molar refractivity (Wildman–Crippen MR) is 138 cm³/mol. The Morgan fingerprint density at radius 1 is 0.757 bits per heavy atom. The Hall–Kier alpha value is -2.74. The molecule has 200 valence electrons. The minimum atomic E-state index is -0.871. The SMILES string of the molecule is CC1[C@@H](O[C@@H]2C(C)[C@H](OC(=O)c3ccccc3)OC(COC(=O)c3ccccc3)[C@H]2C)OC[C@@H](C)[C@@H]1C. The molecule has 0 radical (unpaired) electrons. The number of hydrogen-bond donors (Lipinski definition) is 0. The summed E-state index contributed by atoms with van der Waals surface area (Å²) in [4.78, 5) is 25.5. The maximum Gasteiger partial charge on any atom is 0.340 e. The molecule has 4 rings (SSSR count). The van der Waals surface area contributed by atoms with Gasteiger partial charge in [-0.3, -0.25) is 0 Å². The molecule has 0 bridgehead atoms. The molecule has 7 heteroatoms. The third kappa shape index (κ3) is 6.40. The molecule has 0 saturated carbocycles. The van der Waals surface area contributed by atoms with Gasteiger partial charge in [-0.05, 0) is 36.1 Å². The van der Waals surface area contributed by atoms with E-state index in [-0.39, 0.29) is 36.8 Å². The summed E-state index contributed by atoms with van der Waals surface area (Å²) in [5.41, 5.74) is 0.903. The van der Waals surface area contributed by atoms with Crippen LogP contribution >= 0.6 is 0 Å². The quantitative estimate of drug-likeness (QED) is 0.465. The summed E-state index contributed by atoms with van der Waals surface area (Å²) >= 11 is 0. The normalized spacial score (nSPS) is 33.9. The average Bonchev–Trinajstić information content (AvgIpc) is 2.92. The number of carbonyl (C=O) groups excluding carboxylic acids is 2. The van der Waals surface area contributed by atoms with E-state index in [1.165, 1.54) is 0 Å². The fourth-order valence-electron chi connectivity index (χ4n) is 5.04. The van der Waals surface area contributed by atoms with Gasteiger partial charge >= 0.3 is 11.9 Å². The van der Waals surface area contributed by atoms with Gasteiger partial charge in [0.2, 0.25) is 6.29 Å². The molecule has 0 aromatic heterocycles. The third-order valence-corrected chi connectivity index (χ3v) is 7.95. The van der Waals surface area contributed by atoms with E-state index >= 15 is 0 Å². The van der Waals surface area contributed by atoms with Crippen molar-refractivity contribution in [2.45, 2.75) is 59.4 Å². The lowest BCUT2D eigenvalue weighted by molar-refractivity contribution is -0.304. The molecular weight excluding hydrogens is 472 g/mol. The van der Waals surface area contributed by atoms with Crippen molar-refractivity contribution < 1.29 is 33.3 Å². The van der Waals surface area contributed by atoms with Crippen LogP contribution in [0.5, 0.6) is 0 Å². The number of benzene rings is 2. The molecule has 2 saturated heterocycles. The Morgan fingerprint density at radius 3 is 1.97 bits per heavy atom. The van der Waals surface area contributed by atoms with E-state index in [0.717, 1.165) is 0 Å². The van der Waals surface area contributed by atoms with E-state index in [1.807, 2.05) is 26.0 Å². The van der Waals surface area contributed by atoms with Crippen LogP contribution in [-0.2, 0) is 23.7 Å². The van der Waals surface area contributed by atoms with Crippen LogP contribution < -0.4 is 0 Å². The first kappa shape index (κ1) is 27.3. The highest BCUT2D eigenvalue weighted by atomic mass is 16.7. The summed E-state index contributed by atoms with van der Waals surface area (Å²) in [6, 6.07) is 17.6. The van der Waals surface area contributed by atoms with Crippen LogP contribution in [0.15, 0.2) is 60.7 Å². The Kier molecular flexibility index (Phi) is 9.00. The smallest absolute Gasteiger partial charge is 0.340 e. The summed E-state index contributed by atoms with van der Waals surface area (Å²) < 4.78 is 30.4. The van der Waals surface area contributed by atoms with Gasteiger partial charge in [-0.1, -0.05) is 71.0 Å². The van der Waals surface area contributed by atoms with E-state index in [0.29, 0.717) is 29.6 Å². The lowest BCUT2D eigenvalue weighted by atomic mass is 9.82.